The normalized spacial score (nSPS) is 11.1. The highest BCUT2D eigenvalue weighted by molar-refractivity contribution is 9.10. The van der Waals surface area contributed by atoms with Crippen LogP contribution in [0.1, 0.15) is 24.3 Å². The lowest BCUT2D eigenvalue weighted by Crippen LogP contribution is -2.11. The fourth-order valence-electron chi connectivity index (χ4n) is 1.51. The third-order valence-corrected chi connectivity index (χ3v) is 2.83. The Labute approximate surface area is 106 Å². The second kappa shape index (κ2) is 4.49. The van der Waals surface area contributed by atoms with E-state index in [1.54, 1.807) is 26.0 Å². The molecule has 0 saturated heterocycles. The molecule has 0 bridgehead atoms. The van der Waals surface area contributed by atoms with Crippen LogP contribution in [0.3, 0.4) is 0 Å². The largest absolute Gasteiger partial charge is 0.458 e. The van der Waals surface area contributed by atoms with Crippen molar-refractivity contribution in [3.63, 3.8) is 0 Å². The smallest absolute Gasteiger partial charge is 0.355 e. The molecule has 1 aromatic heterocycles. The van der Waals surface area contributed by atoms with Crippen LogP contribution in [0.25, 0.3) is 10.9 Å². The first kappa shape index (κ1) is 12.1. The molecule has 0 aliphatic rings. The Bertz CT molecular complexity index is 538. The number of hydrogen-bond donors (Lipinski definition) is 1. The lowest BCUT2D eigenvalue weighted by atomic mass is 10.2. The maximum atomic E-state index is 13.3. The highest BCUT2D eigenvalue weighted by atomic mass is 79.9. The van der Waals surface area contributed by atoms with Gasteiger partial charge in [0, 0.05) is 10.9 Å². The molecule has 1 N–H and O–H groups in total. The number of carbonyl (C=O) groups is 1. The summed E-state index contributed by atoms with van der Waals surface area (Å²) in [4.78, 5) is 14.5. The van der Waals surface area contributed by atoms with Gasteiger partial charge < -0.3 is 9.72 Å². The van der Waals surface area contributed by atoms with E-state index in [1.807, 2.05) is 0 Å². The van der Waals surface area contributed by atoms with Crippen LogP contribution in [0.4, 0.5) is 4.39 Å². The lowest BCUT2D eigenvalue weighted by Gasteiger charge is -2.05. The molecule has 1 aromatic carbocycles. The van der Waals surface area contributed by atoms with Crippen molar-refractivity contribution >= 4 is 32.8 Å². The van der Waals surface area contributed by atoms with E-state index in [0.717, 1.165) is 5.39 Å². The van der Waals surface area contributed by atoms with Crippen LogP contribution in [0.15, 0.2) is 22.7 Å². The molecule has 5 heteroatoms. The quantitative estimate of drug-likeness (QED) is 0.860. The molecule has 17 heavy (non-hydrogen) atoms. The number of aromatic amines is 1. The summed E-state index contributed by atoms with van der Waals surface area (Å²) in [5.74, 6) is -0.809. The molecule has 0 saturated carbocycles. The van der Waals surface area contributed by atoms with Crippen molar-refractivity contribution in [3.05, 3.63) is 34.2 Å². The Morgan fingerprint density at radius 1 is 1.41 bits per heavy atom. The van der Waals surface area contributed by atoms with E-state index in [9.17, 15) is 9.18 Å². The zero-order chi connectivity index (χ0) is 12.6. The maximum absolute atomic E-state index is 13.3. The predicted molar refractivity (Wildman–Crippen MR) is 66.5 cm³/mol. The van der Waals surface area contributed by atoms with Crippen LogP contribution in [0.5, 0.6) is 0 Å². The highest BCUT2D eigenvalue weighted by Crippen LogP contribution is 2.24. The first-order valence-corrected chi connectivity index (χ1v) is 5.95. The van der Waals surface area contributed by atoms with Gasteiger partial charge in [0.15, 0.2) is 0 Å². The van der Waals surface area contributed by atoms with Crippen molar-refractivity contribution in [2.45, 2.75) is 20.0 Å². The van der Waals surface area contributed by atoms with Gasteiger partial charge in [-0.25, -0.2) is 9.18 Å². The fraction of sp³-hybridized carbons (Fsp3) is 0.250. The minimum atomic E-state index is -0.437. The zero-order valence-corrected chi connectivity index (χ0v) is 11.0. The molecular formula is C12H11BrFNO2. The van der Waals surface area contributed by atoms with E-state index in [1.165, 1.54) is 6.07 Å². The minimum absolute atomic E-state index is 0.183. The van der Waals surface area contributed by atoms with Gasteiger partial charge in [0.05, 0.1) is 10.6 Å². The topological polar surface area (TPSA) is 42.1 Å². The minimum Gasteiger partial charge on any atom is -0.458 e. The van der Waals surface area contributed by atoms with Crippen molar-refractivity contribution in [2.24, 2.45) is 0 Å². The number of benzene rings is 1. The molecule has 0 aliphatic heterocycles. The number of nitrogens with one attached hydrogen (secondary N) is 1. The number of H-pyrrole nitrogens is 1. The average Bonchev–Trinajstić information content (AvgIpc) is 2.60. The monoisotopic (exact) mass is 299 g/mol. The van der Waals surface area contributed by atoms with Gasteiger partial charge in [-0.15, -0.1) is 0 Å². The molecular weight excluding hydrogens is 289 g/mol. The summed E-state index contributed by atoms with van der Waals surface area (Å²) in [5.41, 5.74) is 0.896. The Kier molecular flexibility index (Phi) is 3.19. The molecule has 1 heterocycles. The van der Waals surface area contributed by atoms with Crippen molar-refractivity contribution in [1.82, 2.24) is 4.98 Å². The van der Waals surface area contributed by atoms with Gasteiger partial charge in [-0.05, 0) is 48.0 Å². The Balaban J connectivity index is 2.41. The summed E-state index contributed by atoms with van der Waals surface area (Å²) in [6.07, 6.45) is -0.183. The molecule has 0 fully saturated rings. The summed E-state index contributed by atoms with van der Waals surface area (Å²) < 4.78 is 18.7. The third-order valence-electron chi connectivity index (χ3n) is 2.22. The molecule has 2 aromatic rings. The van der Waals surface area contributed by atoms with E-state index < -0.39 is 5.97 Å². The van der Waals surface area contributed by atoms with Crippen LogP contribution in [0.2, 0.25) is 0 Å². The summed E-state index contributed by atoms with van der Waals surface area (Å²) >= 11 is 3.10. The second-order valence-corrected chi connectivity index (χ2v) is 4.84. The zero-order valence-electron chi connectivity index (χ0n) is 9.38. The number of hydrogen-bond acceptors (Lipinski definition) is 2. The Hall–Kier alpha value is -1.36. The van der Waals surface area contributed by atoms with Crippen molar-refractivity contribution < 1.29 is 13.9 Å². The number of rotatable bonds is 2. The average molecular weight is 300 g/mol. The van der Waals surface area contributed by atoms with Crippen molar-refractivity contribution in [1.29, 1.82) is 0 Å². The number of aromatic nitrogens is 1. The van der Waals surface area contributed by atoms with Crippen LogP contribution >= 0.6 is 15.9 Å². The SMILES string of the molecule is CC(C)OC(=O)c1cc2cc(Br)c(F)cc2[nH]1. The Morgan fingerprint density at radius 3 is 2.76 bits per heavy atom. The highest BCUT2D eigenvalue weighted by Gasteiger charge is 2.13. The van der Waals surface area contributed by atoms with Gasteiger partial charge >= 0.3 is 5.97 Å². The lowest BCUT2D eigenvalue weighted by molar-refractivity contribution is 0.0372. The number of esters is 1. The fourth-order valence-corrected chi connectivity index (χ4v) is 1.88. The summed E-state index contributed by atoms with van der Waals surface area (Å²) in [5, 5.41) is 0.758. The van der Waals surface area contributed by atoms with Crippen molar-refractivity contribution in [2.75, 3.05) is 0 Å². The molecule has 0 atom stereocenters. The van der Waals surface area contributed by atoms with Gasteiger partial charge in [0.2, 0.25) is 0 Å². The standard InChI is InChI=1S/C12H11BrFNO2/c1-6(2)17-12(16)11-4-7-3-8(13)9(14)5-10(7)15-11/h3-6,15H,1-2H3. The molecule has 0 amide bonds. The van der Waals surface area contributed by atoms with Gasteiger partial charge in [-0.2, -0.15) is 0 Å². The second-order valence-electron chi connectivity index (χ2n) is 3.99. The third kappa shape index (κ3) is 2.49. The molecule has 3 nitrogen and oxygen atoms in total. The van der Waals surface area contributed by atoms with E-state index >= 15 is 0 Å². The van der Waals surface area contributed by atoms with Crippen LogP contribution in [-0.4, -0.2) is 17.1 Å². The molecule has 90 valence electrons. The van der Waals surface area contributed by atoms with E-state index in [4.69, 9.17) is 4.74 Å². The molecule has 0 aliphatic carbocycles. The van der Waals surface area contributed by atoms with Gasteiger partial charge in [0.1, 0.15) is 11.5 Å². The van der Waals surface area contributed by atoms with Crippen LogP contribution in [0, 0.1) is 5.82 Å². The number of halogens is 2. The predicted octanol–water partition coefficient (Wildman–Crippen LogP) is 3.63. The first-order chi connectivity index (χ1) is 7.97. The van der Waals surface area contributed by atoms with Gasteiger partial charge in [0.25, 0.3) is 0 Å². The van der Waals surface area contributed by atoms with Gasteiger partial charge in [-0.1, -0.05) is 0 Å². The molecule has 0 spiro atoms. The molecule has 0 radical (unpaired) electrons. The number of fused-ring (bicyclic) bond motifs is 1. The molecule has 0 unspecified atom stereocenters. The van der Waals surface area contributed by atoms with E-state index in [2.05, 4.69) is 20.9 Å². The first-order valence-electron chi connectivity index (χ1n) is 5.16. The number of carbonyl (C=O) groups excluding carboxylic acids is 1. The van der Waals surface area contributed by atoms with Gasteiger partial charge in [-0.3, -0.25) is 0 Å². The van der Waals surface area contributed by atoms with Crippen molar-refractivity contribution in [3.8, 4) is 0 Å². The summed E-state index contributed by atoms with van der Waals surface area (Å²) in [6, 6.07) is 4.60. The van der Waals surface area contributed by atoms with Crippen LogP contribution < -0.4 is 0 Å². The Morgan fingerprint density at radius 2 is 2.12 bits per heavy atom. The van der Waals surface area contributed by atoms with E-state index in [-0.39, 0.29) is 11.9 Å². The van der Waals surface area contributed by atoms with E-state index in [0.29, 0.717) is 15.7 Å². The summed E-state index contributed by atoms with van der Waals surface area (Å²) in [7, 11) is 0. The number of ether oxygens (including phenoxy) is 1. The summed E-state index contributed by atoms with van der Waals surface area (Å²) in [6.45, 7) is 3.55. The van der Waals surface area contributed by atoms with Crippen LogP contribution in [-0.2, 0) is 4.74 Å². The molecule has 2 rings (SSSR count). The maximum Gasteiger partial charge on any atom is 0.355 e.